The summed E-state index contributed by atoms with van der Waals surface area (Å²) in [5.74, 6) is 0.748. The van der Waals surface area contributed by atoms with Crippen LogP contribution in [-0.4, -0.2) is 56.9 Å². The Hall–Kier alpha value is -3.74. The van der Waals surface area contributed by atoms with E-state index in [0.717, 1.165) is 17.8 Å². The Labute approximate surface area is 199 Å². The van der Waals surface area contributed by atoms with Crippen molar-refractivity contribution < 1.29 is 22.7 Å². The van der Waals surface area contributed by atoms with Crippen molar-refractivity contribution in [3.8, 4) is 0 Å². The standard InChI is InChI=1S/C22H25F3N8O2/c1-12-17-19(32(3)18(13(2)35-4)20(34)30-17)31-21(29-12)27-8-15-9-28-33(11-15)10-14-5-6-26-16(7-14)22(23,24)25/h5-7,9,11,13,18H,8,10H2,1-4H3,(H,30,34)(H,27,29,31)/t13-,18+/m1/s1. The van der Waals surface area contributed by atoms with Crippen LogP contribution in [0.1, 0.15) is 29.4 Å². The third-order valence-electron chi connectivity index (χ3n) is 5.75. The highest BCUT2D eigenvalue weighted by Gasteiger charge is 2.37. The Bertz CT molecular complexity index is 1230. The van der Waals surface area contributed by atoms with Crippen molar-refractivity contribution in [2.45, 2.75) is 45.3 Å². The normalized spacial score (nSPS) is 16.6. The molecule has 13 heteroatoms. The molecule has 1 aliphatic heterocycles. The Morgan fingerprint density at radius 2 is 2.06 bits per heavy atom. The molecule has 0 saturated heterocycles. The van der Waals surface area contributed by atoms with Gasteiger partial charge in [-0.05, 0) is 31.5 Å². The van der Waals surface area contributed by atoms with Crippen LogP contribution in [0.2, 0.25) is 0 Å². The number of anilines is 3. The summed E-state index contributed by atoms with van der Waals surface area (Å²) >= 11 is 0. The van der Waals surface area contributed by atoms with Crippen LogP contribution in [0, 0.1) is 6.92 Å². The van der Waals surface area contributed by atoms with Gasteiger partial charge in [-0.1, -0.05) is 0 Å². The smallest absolute Gasteiger partial charge is 0.379 e. The topological polar surface area (TPSA) is 110 Å². The average Bonchev–Trinajstić information content (AvgIpc) is 3.25. The second-order valence-electron chi connectivity index (χ2n) is 8.26. The molecule has 2 N–H and O–H groups in total. The summed E-state index contributed by atoms with van der Waals surface area (Å²) in [5, 5.41) is 10.2. The molecule has 2 atom stereocenters. The fraction of sp³-hybridized carbons (Fsp3) is 0.409. The minimum atomic E-state index is -4.50. The number of alkyl halides is 3. The monoisotopic (exact) mass is 490 g/mol. The van der Waals surface area contributed by atoms with Crippen LogP contribution in [0.4, 0.5) is 30.6 Å². The summed E-state index contributed by atoms with van der Waals surface area (Å²) in [6, 6.07) is 1.99. The molecule has 0 radical (unpaired) electrons. The van der Waals surface area contributed by atoms with E-state index in [9.17, 15) is 18.0 Å². The van der Waals surface area contributed by atoms with Crippen LogP contribution in [0.25, 0.3) is 0 Å². The second kappa shape index (κ2) is 9.49. The van der Waals surface area contributed by atoms with Crippen molar-refractivity contribution in [1.82, 2.24) is 24.7 Å². The molecule has 4 rings (SSSR count). The van der Waals surface area contributed by atoms with Gasteiger partial charge in [0.2, 0.25) is 11.9 Å². The number of likely N-dealkylation sites (N-methyl/N-ethyl adjacent to an activating group) is 1. The molecule has 0 spiro atoms. The molecule has 186 valence electrons. The molecule has 0 aliphatic carbocycles. The quantitative estimate of drug-likeness (QED) is 0.520. The van der Waals surface area contributed by atoms with E-state index < -0.39 is 17.9 Å². The van der Waals surface area contributed by atoms with Crippen LogP contribution >= 0.6 is 0 Å². The fourth-order valence-corrected chi connectivity index (χ4v) is 3.88. The lowest BCUT2D eigenvalue weighted by molar-refractivity contribution is -0.141. The summed E-state index contributed by atoms with van der Waals surface area (Å²) in [5.41, 5.74) is 1.45. The number of carbonyl (C=O) groups excluding carboxylic acids is 1. The summed E-state index contributed by atoms with van der Waals surface area (Å²) in [4.78, 5) is 26.7. The predicted octanol–water partition coefficient (Wildman–Crippen LogP) is 2.85. The van der Waals surface area contributed by atoms with E-state index >= 15 is 0 Å². The lowest BCUT2D eigenvalue weighted by Gasteiger charge is -2.37. The predicted molar refractivity (Wildman–Crippen MR) is 122 cm³/mol. The van der Waals surface area contributed by atoms with E-state index in [2.05, 4.69) is 30.7 Å². The number of ether oxygens (including phenoxy) is 1. The highest BCUT2D eigenvalue weighted by molar-refractivity contribution is 6.03. The number of hydrogen-bond acceptors (Lipinski definition) is 8. The number of rotatable bonds is 7. The van der Waals surface area contributed by atoms with E-state index in [1.54, 1.807) is 43.1 Å². The maximum atomic E-state index is 12.9. The molecule has 0 fully saturated rings. The average molecular weight is 490 g/mol. The number of amides is 1. The van der Waals surface area contributed by atoms with Crippen LogP contribution in [-0.2, 0) is 28.8 Å². The number of carbonyl (C=O) groups is 1. The number of aryl methyl sites for hydroxylation is 1. The van der Waals surface area contributed by atoms with E-state index in [-0.39, 0.29) is 18.6 Å². The lowest BCUT2D eigenvalue weighted by atomic mass is 10.1. The molecule has 4 heterocycles. The van der Waals surface area contributed by atoms with Gasteiger partial charge in [-0.3, -0.25) is 14.5 Å². The van der Waals surface area contributed by atoms with Gasteiger partial charge in [-0.2, -0.15) is 23.3 Å². The second-order valence-corrected chi connectivity index (χ2v) is 8.26. The van der Waals surface area contributed by atoms with Crippen molar-refractivity contribution >= 4 is 23.4 Å². The highest BCUT2D eigenvalue weighted by Crippen LogP contribution is 2.33. The molecule has 10 nitrogen and oxygen atoms in total. The minimum absolute atomic E-state index is 0.170. The number of halogens is 3. The first-order chi connectivity index (χ1) is 16.6. The van der Waals surface area contributed by atoms with E-state index in [4.69, 9.17) is 4.74 Å². The zero-order valence-electron chi connectivity index (χ0n) is 19.6. The van der Waals surface area contributed by atoms with Gasteiger partial charge in [-0.15, -0.1) is 0 Å². The van der Waals surface area contributed by atoms with Crippen molar-refractivity contribution in [1.29, 1.82) is 0 Å². The number of aromatic nitrogens is 5. The zero-order valence-corrected chi connectivity index (χ0v) is 19.6. The number of methoxy groups -OCH3 is 1. The first kappa shape index (κ1) is 24.4. The van der Waals surface area contributed by atoms with Crippen LogP contribution < -0.4 is 15.5 Å². The van der Waals surface area contributed by atoms with E-state index in [1.807, 2.05) is 6.92 Å². The summed E-state index contributed by atoms with van der Waals surface area (Å²) < 4.78 is 45.6. The van der Waals surface area contributed by atoms with Crippen LogP contribution in [0.5, 0.6) is 0 Å². The number of fused-ring (bicyclic) bond motifs is 1. The van der Waals surface area contributed by atoms with Crippen LogP contribution in [0.3, 0.4) is 0 Å². The van der Waals surface area contributed by atoms with Crippen molar-refractivity contribution in [2.75, 3.05) is 29.7 Å². The third kappa shape index (κ3) is 5.19. The molecule has 3 aromatic heterocycles. The summed E-state index contributed by atoms with van der Waals surface area (Å²) in [7, 11) is 3.32. The highest BCUT2D eigenvalue weighted by atomic mass is 19.4. The first-order valence-electron chi connectivity index (χ1n) is 10.8. The Balaban J connectivity index is 1.46. The van der Waals surface area contributed by atoms with Crippen molar-refractivity contribution in [2.24, 2.45) is 0 Å². The molecule has 1 amide bonds. The fourth-order valence-electron chi connectivity index (χ4n) is 3.88. The van der Waals surface area contributed by atoms with Gasteiger partial charge in [0.25, 0.3) is 0 Å². The maximum absolute atomic E-state index is 12.9. The zero-order chi connectivity index (χ0) is 25.3. The van der Waals surface area contributed by atoms with Gasteiger partial charge >= 0.3 is 6.18 Å². The molecule has 0 bridgehead atoms. The van der Waals surface area contributed by atoms with Gasteiger partial charge in [0.1, 0.15) is 17.4 Å². The van der Waals surface area contributed by atoms with Gasteiger partial charge in [0, 0.05) is 38.7 Å². The lowest BCUT2D eigenvalue weighted by Crippen LogP contribution is -2.53. The molecule has 35 heavy (non-hydrogen) atoms. The molecule has 0 saturated carbocycles. The molecular formula is C22H25F3N8O2. The van der Waals surface area contributed by atoms with Gasteiger partial charge in [0.15, 0.2) is 5.82 Å². The minimum Gasteiger partial charge on any atom is -0.379 e. The maximum Gasteiger partial charge on any atom is 0.433 e. The van der Waals surface area contributed by atoms with E-state index in [0.29, 0.717) is 35.3 Å². The molecule has 0 unspecified atom stereocenters. The Morgan fingerprint density at radius 3 is 2.77 bits per heavy atom. The number of pyridine rings is 1. The van der Waals surface area contributed by atoms with Gasteiger partial charge in [0.05, 0.1) is 24.5 Å². The first-order valence-corrected chi connectivity index (χ1v) is 10.8. The van der Waals surface area contributed by atoms with E-state index in [1.165, 1.54) is 6.07 Å². The van der Waals surface area contributed by atoms with Crippen molar-refractivity contribution in [3.63, 3.8) is 0 Å². The molecule has 0 aromatic carbocycles. The molecular weight excluding hydrogens is 465 g/mol. The largest absolute Gasteiger partial charge is 0.433 e. The number of nitrogens with zero attached hydrogens (tertiary/aromatic N) is 6. The van der Waals surface area contributed by atoms with Crippen molar-refractivity contribution in [3.05, 3.63) is 53.2 Å². The molecule has 1 aliphatic rings. The number of hydrogen-bond donors (Lipinski definition) is 2. The van der Waals surface area contributed by atoms with Crippen LogP contribution in [0.15, 0.2) is 30.7 Å². The Morgan fingerprint density at radius 1 is 1.29 bits per heavy atom. The number of nitrogens with one attached hydrogen (secondary N) is 2. The SMILES string of the molecule is CO[C@H](C)[C@H]1C(=O)Nc2c(C)nc(NCc3cnn(Cc4ccnc(C(F)(F)F)c4)c3)nc2N1C. The summed E-state index contributed by atoms with van der Waals surface area (Å²) in [6.45, 7) is 4.11. The summed E-state index contributed by atoms with van der Waals surface area (Å²) in [6.07, 6.45) is -0.363. The van der Waals surface area contributed by atoms with Gasteiger partial charge in [-0.25, -0.2) is 4.98 Å². The van der Waals surface area contributed by atoms with Gasteiger partial charge < -0.3 is 20.3 Å². The molecule has 3 aromatic rings. The Kier molecular flexibility index (Phi) is 6.61. The third-order valence-corrected chi connectivity index (χ3v) is 5.75.